The normalized spacial score (nSPS) is 29.9. The van der Waals surface area contributed by atoms with E-state index in [1.54, 1.807) is 6.07 Å². The number of nitrogens with two attached hydrogens (primary N) is 1. The second kappa shape index (κ2) is 5.79. The van der Waals surface area contributed by atoms with Gasteiger partial charge in [0.15, 0.2) is 0 Å². The smallest absolute Gasteiger partial charge is 0.268 e. The number of carbonyl (C=O) groups excluding carboxylic acids is 1. The Hall–Kier alpha value is -1.37. The van der Waals surface area contributed by atoms with E-state index in [2.05, 4.69) is 10.3 Å². The molecule has 0 radical (unpaired) electrons. The van der Waals surface area contributed by atoms with Crippen LogP contribution in [0.25, 0.3) is 0 Å². The number of piperidine rings is 1. The molecule has 1 saturated carbocycles. The number of nitrogens with one attached hydrogen (secondary N) is 1. The first-order valence-electron chi connectivity index (χ1n) is 7.64. The van der Waals surface area contributed by atoms with Crippen LogP contribution in [0.15, 0.2) is 16.7 Å². The first kappa shape index (κ1) is 14.6. The van der Waals surface area contributed by atoms with Gasteiger partial charge in [-0.05, 0) is 25.3 Å². The largest absolute Gasteiger partial charge is 0.467 e. The molecular formula is C15H23N3O3. The number of furan rings is 1. The number of rotatable bonds is 3. The molecule has 0 aromatic carbocycles. The maximum absolute atomic E-state index is 11.4. The molecule has 1 amide bonds. The molecule has 1 aromatic rings. The van der Waals surface area contributed by atoms with Gasteiger partial charge in [-0.2, -0.15) is 0 Å². The van der Waals surface area contributed by atoms with Crippen molar-refractivity contribution < 1.29 is 14.3 Å². The van der Waals surface area contributed by atoms with E-state index in [1.165, 1.54) is 12.7 Å². The molecule has 1 saturated heterocycles. The van der Waals surface area contributed by atoms with Crippen LogP contribution in [0.3, 0.4) is 0 Å². The third kappa shape index (κ3) is 2.97. The van der Waals surface area contributed by atoms with Crippen LogP contribution in [0, 0.1) is 5.92 Å². The first-order valence-corrected chi connectivity index (χ1v) is 7.64. The maximum Gasteiger partial charge on any atom is 0.268 e. The van der Waals surface area contributed by atoms with Crippen LogP contribution in [-0.4, -0.2) is 34.6 Å². The van der Waals surface area contributed by atoms with Crippen molar-refractivity contribution in [3.63, 3.8) is 0 Å². The van der Waals surface area contributed by atoms with E-state index in [1.807, 2.05) is 0 Å². The Balaban J connectivity index is 1.61. The fourth-order valence-electron chi connectivity index (χ4n) is 3.67. The second-order valence-corrected chi connectivity index (χ2v) is 6.31. The Bertz CT molecular complexity index is 516. The monoisotopic (exact) mass is 293 g/mol. The Labute approximate surface area is 124 Å². The minimum absolute atomic E-state index is 0.342. The van der Waals surface area contributed by atoms with E-state index < -0.39 is 5.60 Å². The van der Waals surface area contributed by atoms with E-state index >= 15 is 0 Å². The van der Waals surface area contributed by atoms with E-state index in [4.69, 9.17) is 10.3 Å². The molecule has 0 bridgehead atoms. The van der Waals surface area contributed by atoms with Gasteiger partial charge in [-0.3, -0.25) is 15.1 Å². The van der Waals surface area contributed by atoms with Gasteiger partial charge in [-0.15, -0.1) is 0 Å². The van der Waals surface area contributed by atoms with Crippen molar-refractivity contribution >= 4 is 5.91 Å². The molecule has 116 valence electrons. The summed E-state index contributed by atoms with van der Waals surface area (Å²) in [6.07, 6.45) is 6.65. The van der Waals surface area contributed by atoms with Gasteiger partial charge in [0.25, 0.3) is 5.91 Å². The van der Waals surface area contributed by atoms with Crippen molar-refractivity contribution in [2.45, 2.75) is 44.2 Å². The van der Waals surface area contributed by atoms with Crippen molar-refractivity contribution in [2.24, 2.45) is 11.8 Å². The van der Waals surface area contributed by atoms with Crippen LogP contribution in [0.4, 0.5) is 0 Å². The number of amides is 1. The molecule has 21 heavy (non-hydrogen) atoms. The van der Waals surface area contributed by atoms with Crippen LogP contribution < -0.4 is 11.3 Å². The Morgan fingerprint density at radius 3 is 3.19 bits per heavy atom. The summed E-state index contributed by atoms with van der Waals surface area (Å²) in [5.41, 5.74) is 2.08. The van der Waals surface area contributed by atoms with Gasteiger partial charge >= 0.3 is 0 Å². The third-order valence-electron chi connectivity index (χ3n) is 4.94. The topological polar surface area (TPSA) is 91.7 Å². The van der Waals surface area contributed by atoms with Crippen molar-refractivity contribution in [1.29, 1.82) is 0 Å². The minimum Gasteiger partial charge on any atom is -0.467 e. The number of hydrogen-bond donors (Lipinski definition) is 3. The molecule has 4 N–H and O–H groups in total. The lowest BCUT2D eigenvalue weighted by atomic mass is 9.71. The highest BCUT2D eigenvalue weighted by Gasteiger charge is 2.42. The summed E-state index contributed by atoms with van der Waals surface area (Å²) in [5, 5.41) is 10.7. The Kier molecular flexibility index (Phi) is 4.01. The number of hydrazine groups is 1. The molecule has 1 aromatic heterocycles. The van der Waals surface area contributed by atoms with Gasteiger partial charge in [0.1, 0.15) is 12.0 Å². The van der Waals surface area contributed by atoms with Gasteiger partial charge in [0.2, 0.25) is 0 Å². The lowest BCUT2D eigenvalue weighted by molar-refractivity contribution is -0.0975. The van der Waals surface area contributed by atoms with Gasteiger partial charge in [0, 0.05) is 19.0 Å². The van der Waals surface area contributed by atoms with Gasteiger partial charge in [-0.1, -0.05) is 12.8 Å². The summed E-state index contributed by atoms with van der Waals surface area (Å²) in [6.45, 7) is 2.44. The summed E-state index contributed by atoms with van der Waals surface area (Å²) in [7, 11) is 0. The van der Waals surface area contributed by atoms with E-state index in [0.717, 1.165) is 44.5 Å². The standard InChI is InChI=1S/C15H23N3O3/c16-17-14(19)11-7-13(21-10-11)9-18-6-5-15(20)4-2-1-3-12(15)8-18/h7,10,12,20H,1-6,8-9,16H2,(H,17,19). The van der Waals surface area contributed by atoms with Crippen LogP contribution in [-0.2, 0) is 6.54 Å². The van der Waals surface area contributed by atoms with Crippen LogP contribution in [0.5, 0.6) is 0 Å². The number of fused-ring (bicyclic) bond motifs is 1. The van der Waals surface area contributed by atoms with E-state index in [-0.39, 0.29) is 5.91 Å². The predicted molar refractivity (Wildman–Crippen MR) is 77.2 cm³/mol. The fourth-order valence-corrected chi connectivity index (χ4v) is 3.67. The number of hydrogen-bond acceptors (Lipinski definition) is 5. The highest BCUT2D eigenvalue weighted by atomic mass is 16.3. The number of nitrogen functional groups attached to an aromatic ring is 1. The van der Waals surface area contributed by atoms with E-state index in [9.17, 15) is 9.90 Å². The zero-order valence-electron chi connectivity index (χ0n) is 12.2. The van der Waals surface area contributed by atoms with Crippen molar-refractivity contribution in [3.8, 4) is 0 Å². The average molecular weight is 293 g/mol. The quantitative estimate of drug-likeness (QED) is 0.439. The molecule has 2 aliphatic rings. The summed E-state index contributed by atoms with van der Waals surface area (Å²) in [5.74, 6) is 5.89. The molecule has 2 heterocycles. The summed E-state index contributed by atoms with van der Waals surface area (Å²) in [4.78, 5) is 13.7. The van der Waals surface area contributed by atoms with Crippen molar-refractivity contribution in [2.75, 3.05) is 13.1 Å². The van der Waals surface area contributed by atoms with Gasteiger partial charge in [0.05, 0.1) is 17.7 Å². The molecule has 2 fully saturated rings. The lowest BCUT2D eigenvalue weighted by Crippen LogP contribution is -2.52. The van der Waals surface area contributed by atoms with Crippen molar-refractivity contribution in [1.82, 2.24) is 10.3 Å². The van der Waals surface area contributed by atoms with Crippen LogP contribution in [0.2, 0.25) is 0 Å². The highest BCUT2D eigenvalue weighted by Crippen LogP contribution is 2.40. The molecular weight excluding hydrogens is 270 g/mol. The van der Waals surface area contributed by atoms with E-state index in [0.29, 0.717) is 18.0 Å². The zero-order chi connectivity index (χ0) is 14.9. The molecule has 0 spiro atoms. The van der Waals surface area contributed by atoms with Crippen LogP contribution in [0.1, 0.15) is 48.2 Å². The minimum atomic E-state index is -0.456. The third-order valence-corrected chi connectivity index (χ3v) is 4.94. The molecule has 6 heteroatoms. The number of nitrogens with zero attached hydrogens (tertiary/aromatic N) is 1. The molecule has 2 atom stereocenters. The average Bonchev–Trinajstić information content (AvgIpc) is 2.95. The molecule has 6 nitrogen and oxygen atoms in total. The predicted octanol–water partition coefficient (Wildman–Crippen LogP) is 1.01. The summed E-state index contributed by atoms with van der Waals surface area (Å²) >= 11 is 0. The number of likely N-dealkylation sites (tertiary alicyclic amines) is 1. The Morgan fingerprint density at radius 1 is 1.52 bits per heavy atom. The van der Waals surface area contributed by atoms with Crippen LogP contribution >= 0.6 is 0 Å². The SMILES string of the molecule is NNC(=O)c1coc(CN2CCC3(O)CCCCC3C2)c1. The van der Waals surface area contributed by atoms with Crippen molar-refractivity contribution in [3.05, 3.63) is 23.7 Å². The second-order valence-electron chi connectivity index (χ2n) is 6.31. The number of aliphatic hydroxyl groups is 1. The molecule has 1 aliphatic carbocycles. The lowest BCUT2D eigenvalue weighted by Gasteiger charge is -2.47. The summed E-state index contributed by atoms with van der Waals surface area (Å²) in [6, 6.07) is 1.73. The summed E-state index contributed by atoms with van der Waals surface area (Å²) < 4.78 is 5.43. The van der Waals surface area contributed by atoms with Gasteiger partial charge in [-0.25, -0.2) is 5.84 Å². The zero-order valence-corrected chi connectivity index (χ0v) is 12.2. The number of carbonyl (C=O) groups is 1. The van der Waals surface area contributed by atoms with Gasteiger partial charge < -0.3 is 9.52 Å². The molecule has 3 rings (SSSR count). The Morgan fingerprint density at radius 2 is 2.38 bits per heavy atom. The first-order chi connectivity index (χ1) is 10.1. The highest BCUT2D eigenvalue weighted by molar-refractivity contribution is 5.93. The molecule has 1 aliphatic heterocycles. The fraction of sp³-hybridized carbons (Fsp3) is 0.667. The molecule has 2 unspecified atom stereocenters. The maximum atomic E-state index is 11.4.